The number of ether oxygens (including phenoxy) is 1. The van der Waals surface area contributed by atoms with Gasteiger partial charge in [0.2, 0.25) is 35.4 Å². The average molecular weight is 1230 g/mol. The van der Waals surface area contributed by atoms with Crippen molar-refractivity contribution in [3.8, 4) is 33.8 Å². The second kappa shape index (κ2) is 31.5. The Balaban J connectivity index is 1.22. The number of unbranched alkanes of at least 4 members (excludes halogenated alkanes) is 2. The summed E-state index contributed by atoms with van der Waals surface area (Å²) in [6, 6.07) is 15.2. The lowest BCUT2D eigenvalue weighted by molar-refractivity contribution is -0.148. The second-order valence-electron chi connectivity index (χ2n) is 22.7. The Morgan fingerprint density at radius 1 is 0.648 bits per heavy atom. The van der Waals surface area contributed by atoms with Crippen molar-refractivity contribution in [3.05, 3.63) is 108 Å². The number of nitrogens with one attached hydrogen (secondary N) is 7. The quantitative estimate of drug-likeness (QED) is 0.0436. The third-order valence-corrected chi connectivity index (χ3v) is 16.0. The molecule has 478 valence electrons. The van der Waals surface area contributed by atoms with Gasteiger partial charge in [0.05, 0.1) is 43.7 Å². The highest BCUT2D eigenvalue weighted by atomic mass is 16.5. The van der Waals surface area contributed by atoms with E-state index in [2.05, 4.69) is 44.1 Å². The lowest BCUT2D eigenvalue weighted by Gasteiger charge is -2.34. The number of amides is 7. The van der Waals surface area contributed by atoms with Crippen molar-refractivity contribution in [2.75, 3.05) is 45.9 Å². The van der Waals surface area contributed by atoms with Gasteiger partial charge in [-0.2, -0.15) is 0 Å². The number of carbonyl (C=O) groups is 7. The lowest BCUT2D eigenvalue weighted by Crippen LogP contribution is -2.64. The maximum absolute atomic E-state index is 14.8. The summed E-state index contributed by atoms with van der Waals surface area (Å²) in [7, 11) is 0. The largest absolute Gasteiger partial charge is 0.508 e. The van der Waals surface area contributed by atoms with Crippen LogP contribution in [0.15, 0.2) is 97.1 Å². The van der Waals surface area contributed by atoms with Crippen molar-refractivity contribution in [2.24, 2.45) is 5.92 Å². The zero-order valence-corrected chi connectivity index (χ0v) is 49.6. The van der Waals surface area contributed by atoms with E-state index in [0.717, 1.165) is 70.9 Å². The molecule has 3 aliphatic rings. The molecule has 0 spiro atoms. The van der Waals surface area contributed by atoms with Gasteiger partial charge in [0.15, 0.2) is 0 Å². The number of rotatable bonds is 20. The van der Waals surface area contributed by atoms with E-state index < -0.39 is 152 Å². The molecule has 0 radical (unpaired) electrons. The van der Waals surface area contributed by atoms with Gasteiger partial charge in [0, 0.05) is 57.0 Å². The minimum absolute atomic E-state index is 0.0346. The van der Waals surface area contributed by atoms with Crippen molar-refractivity contribution in [2.45, 2.75) is 145 Å². The van der Waals surface area contributed by atoms with Crippen LogP contribution >= 0.6 is 0 Å². The first-order chi connectivity index (χ1) is 42.0. The number of aliphatic hydroxyl groups is 8. The lowest BCUT2D eigenvalue weighted by atomic mass is 9.96. The first kappa shape index (κ1) is 67.9. The fourth-order valence-corrected chi connectivity index (χ4v) is 10.9. The fraction of sp³-hybridized carbons (Fsp3) is 0.500. The van der Waals surface area contributed by atoms with Gasteiger partial charge in [-0.1, -0.05) is 87.4 Å². The highest BCUT2D eigenvalue weighted by Crippen LogP contribution is 2.30. The molecule has 3 heterocycles. The average Bonchev–Trinajstić information content (AvgIpc) is 2.10. The predicted molar refractivity (Wildman–Crippen MR) is 319 cm³/mol. The molecular formula is C62H83N9O17. The number of carbonyl (C=O) groups excluding carboxylic acids is 7. The molecule has 15 atom stereocenters. The number of phenols is 1. The minimum atomic E-state index is -2.29. The number of phenolic OH excluding ortho intramolecular Hbond substituents is 1. The third-order valence-electron chi connectivity index (χ3n) is 16.0. The first-order valence-electron chi connectivity index (χ1n) is 29.7. The van der Waals surface area contributed by atoms with Gasteiger partial charge >= 0.3 is 0 Å². The van der Waals surface area contributed by atoms with Crippen LogP contribution in [0.25, 0.3) is 22.3 Å². The van der Waals surface area contributed by atoms with Crippen molar-refractivity contribution in [1.82, 2.24) is 47.0 Å². The van der Waals surface area contributed by atoms with Crippen LogP contribution in [-0.2, 0) is 28.8 Å². The number of hydrogen-bond acceptors (Lipinski definition) is 19. The maximum atomic E-state index is 14.8. The summed E-state index contributed by atoms with van der Waals surface area (Å²) in [6.45, 7) is 5.64. The summed E-state index contributed by atoms with van der Waals surface area (Å²) in [6.07, 6.45) is -12.4. The van der Waals surface area contributed by atoms with E-state index in [0.29, 0.717) is 6.61 Å². The van der Waals surface area contributed by atoms with Crippen molar-refractivity contribution in [3.63, 3.8) is 0 Å². The number of fused-ring (bicyclic) bond motifs is 2. The Morgan fingerprint density at radius 2 is 1.20 bits per heavy atom. The Kier molecular flexibility index (Phi) is 24.3. The number of benzene rings is 4. The number of aromatic hydroxyl groups is 1. The molecule has 4 aromatic rings. The number of aliphatic hydroxyl groups excluding tert-OH is 8. The highest BCUT2D eigenvalue weighted by molar-refractivity contribution is 6.00. The first-order valence-corrected chi connectivity index (χ1v) is 29.7. The zero-order valence-electron chi connectivity index (χ0n) is 49.6. The molecule has 88 heavy (non-hydrogen) atoms. The summed E-state index contributed by atoms with van der Waals surface area (Å²) >= 11 is 0. The molecule has 6 unspecified atom stereocenters. The molecule has 26 heteroatoms. The molecule has 3 aliphatic heterocycles. The van der Waals surface area contributed by atoms with E-state index in [9.17, 15) is 79.5 Å². The van der Waals surface area contributed by atoms with Crippen LogP contribution in [0.1, 0.15) is 81.8 Å². The van der Waals surface area contributed by atoms with Gasteiger partial charge in [-0.3, -0.25) is 38.9 Å². The van der Waals surface area contributed by atoms with Crippen LogP contribution < -0.4 is 42.0 Å². The fourth-order valence-electron chi connectivity index (χ4n) is 10.9. The second-order valence-corrected chi connectivity index (χ2v) is 22.7. The van der Waals surface area contributed by atoms with E-state index >= 15 is 0 Å². The van der Waals surface area contributed by atoms with E-state index in [1.54, 1.807) is 12.1 Å². The molecule has 0 bridgehead atoms. The van der Waals surface area contributed by atoms with Crippen LogP contribution in [0.3, 0.4) is 0 Å². The van der Waals surface area contributed by atoms with Gasteiger partial charge in [-0.25, -0.2) is 0 Å². The molecule has 4 aromatic carbocycles. The summed E-state index contributed by atoms with van der Waals surface area (Å²) in [4.78, 5) is 104. The Morgan fingerprint density at radius 3 is 1.78 bits per heavy atom. The summed E-state index contributed by atoms with van der Waals surface area (Å²) in [5.41, 5.74) is 3.44. The van der Waals surface area contributed by atoms with Gasteiger partial charge < -0.3 is 92.4 Å². The molecule has 7 amide bonds. The van der Waals surface area contributed by atoms with Gasteiger partial charge in [-0.15, -0.1) is 0 Å². The normalized spacial score (nSPS) is 26.5. The van der Waals surface area contributed by atoms with E-state index in [1.165, 1.54) is 43.3 Å². The SMILES string of the molecule is CCCCCOc1ccc(-c2ccc(-c3ccc(C(=O)N[C@@H]4C[C@@H](O)C(NCCNCCO)NC(=O)C5[C@@H](O)[C@@H](C)CN5C(=O)C([C@@H](C)O)NC(=O)C([C@H](O)[C@@H](O)c5ccc(O)cc5)NC(=O)C5C[C@@H](O)CN5C(=O)C([C@@H](C)O)NC4=O)cc3)cc2)cc1. The van der Waals surface area contributed by atoms with Gasteiger partial charge in [0.25, 0.3) is 5.91 Å². The van der Waals surface area contributed by atoms with Crippen molar-refractivity contribution < 1.29 is 84.3 Å². The highest BCUT2D eigenvalue weighted by Gasteiger charge is 2.50. The van der Waals surface area contributed by atoms with Gasteiger partial charge in [-0.05, 0) is 84.5 Å². The minimum Gasteiger partial charge on any atom is -0.508 e. The van der Waals surface area contributed by atoms with Crippen molar-refractivity contribution >= 4 is 41.4 Å². The molecule has 0 saturated carbocycles. The third kappa shape index (κ3) is 17.2. The molecule has 7 rings (SSSR count). The van der Waals surface area contributed by atoms with Gasteiger partial charge in [0.1, 0.15) is 66.1 Å². The molecule has 26 nitrogen and oxygen atoms in total. The van der Waals surface area contributed by atoms with E-state index in [-0.39, 0.29) is 49.7 Å². The molecule has 16 N–H and O–H groups in total. The molecule has 3 fully saturated rings. The topological polar surface area (TPSA) is 401 Å². The molecular weight excluding hydrogens is 1140 g/mol. The maximum Gasteiger partial charge on any atom is 0.251 e. The van der Waals surface area contributed by atoms with Crippen molar-refractivity contribution in [1.29, 1.82) is 0 Å². The zero-order chi connectivity index (χ0) is 63.9. The molecule has 3 saturated heterocycles. The van der Waals surface area contributed by atoms with Crippen LogP contribution in [-0.4, -0.2) is 222 Å². The van der Waals surface area contributed by atoms with Crippen LogP contribution in [0, 0.1) is 5.92 Å². The monoisotopic (exact) mass is 1230 g/mol. The smallest absolute Gasteiger partial charge is 0.251 e. The molecule has 0 aromatic heterocycles. The number of hydrogen-bond donors (Lipinski definition) is 16. The standard InChI is InChI=1S/C62H83N9O17/c1-5-6-7-28-88-44-22-18-39(19-23-44)37-10-8-36(9-11-37)38-12-14-41(15-13-38)56(81)65-45-30-47(77)55(64-25-24-63-26-27-72)69-60(85)51-52(78)33(2)31-71(51)62(87)49(35(4)74)67-59(84)50(54(80)53(79)40-16-20-42(75)21-17-40)68-58(83)46-29-43(76)32-70(46)61(86)48(34(3)73)66-57(45)82/h8-23,33-35,43,45-55,63-64,72-80H,5-7,24-32H2,1-4H3,(H,65,81)(H,66,82)(H,67,84)(H,68,83)(H,69,85)/t33-,34+,35+,43+,45+,46?,47+,48?,49?,50?,51?,52-,53-,54-,55?/m0/s1. The summed E-state index contributed by atoms with van der Waals surface area (Å²) in [5, 5.41) is 118. The van der Waals surface area contributed by atoms with Crippen LogP contribution in [0.4, 0.5) is 0 Å². The van der Waals surface area contributed by atoms with E-state index in [4.69, 9.17) is 4.74 Å². The predicted octanol–water partition coefficient (Wildman–Crippen LogP) is -1.75. The Hall–Kier alpha value is -7.63. The Labute approximate surface area is 509 Å². The molecule has 0 aliphatic carbocycles. The Bertz CT molecular complexity index is 2990. The number of nitrogens with zero attached hydrogens (tertiary/aromatic N) is 2. The van der Waals surface area contributed by atoms with Crippen LogP contribution in [0.5, 0.6) is 11.5 Å². The summed E-state index contributed by atoms with van der Waals surface area (Å²) < 4.78 is 5.86. The van der Waals surface area contributed by atoms with Crippen LogP contribution in [0.2, 0.25) is 0 Å². The summed E-state index contributed by atoms with van der Waals surface area (Å²) in [5.74, 6) is -8.26. The van der Waals surface area contributed by atoms with E-state index in [1.807, 2.05) is 48.5 Å².